The Hall–Kier alpha value is -4.96. The van der Waals surface area contributed by atoms with Gasteiger partial charge in [0.1, 0.15) is 11.9 Å². The molecule has 5 N–H and O–H groups in total. The summed E-state index contributed by atoms with van der Waals surface area (Å²) in [6, 6.07) is 19.9. The molecule has 0 saturated carbocycles. The molecule has 3 aromatic carbocycles. The van der Waals surface area contributed by atoms with Crippen molar-refractivity contribution in [2.75, 3.05) is 10.6 Å². The van der Waals surface area contributed by atoms with Crippen molar-refractivity contribution < 1.29 is 19.5 Å². The fraction of sp³-hybridized carbons (Fsp3) is 0.250. The van der Waals surface area contributed by atoms with Gasteiger partial charge in [-0.2, -0.15) is 5.10 Å². The third-order valence-electron chi connectivity index (χ3n) is 7.78. The second-order valence-corrected chi connectivity index (χ2v) is 10.6. The number of fused-ring (bicyclic) bond motifs is 2. The Morgan fingerprint density at radius 2 is 1.81 bits per heavy atom. The number of benzene rings is 3. The number of carbonyl (C=O) groups is 3. The smallest absolute Gasteiger partial charge is 0.324 e. The minimum Gasteiger partial charge on any atom is -0.480 e. The van der Waals surface area contributed by atoms with Gasteiger partial charge in [0.15, 0.2) is 0 Å². The molecular weight excluding hydrogens is 532 g/mol. The zero-order valence-corrected chi connectivity index (χ0v) is 23.2. The highest BCUT2D eigenvalue weighted by Crippen LogP contribution is 2.30. The second kappa shape index (κ2) is 11.5. The zero-order valence-electron chi connectivity index (χ0n) is 23.2. The number of carboxylic acid groups (broad SMARTS) is 1. The maximum absolute atomic E-state index is 13.1. The number of nitrogens with one attached hydrogen (secondary N) is 4. The van der Waals surface area contributed by atoms with E-state index >= 15 is 0 Å². The molecular formula is C32H32N6O4. The van der Waals surface area contributed by atoms with Crippen LogP contribution in [0.5, 0.6) is 0 Å². The van der Waals surface area contributed by atoms with Gasteiger partial charge in [-0.25, -0.2) is 9.48 Å². The number of urea groups is 1. The van der Waals surface area contributed by atoms with Crippen LogP contribution in [-0.2, 0) is 30.7 Å². The monoisotopic (exact) mass is 564 g/mol. The normalized spacial score (nSPS) is 15.5. The average Bonchev–Trinajstić information content (AvgIpc) is 3.58. The van der Waals surface area contributed by atoms with Crippen LogP contribution in [0, 0.1) is 0 Å². The molecule has 3 amide bonds. The second-order valence-electron chi connectivity index (χ2n) is 10.6. The first-order valence-corrected chi connectivity index (χ1v) is 14.2. The Morgan fingerprint density at radius 3 is 2.60 bits per heavy atom. The summed E-state index contributed by atoms with van der Waals surface area (Å²) >= 11 is 0. The molecule has 3 heterocycles. The number of amides is 3. The summed E-state index contributed by atoms with van der Waals surface area (Å²) in [4.78, 5) is 36.7. The lowest BCUT2D eigenvalue weighted by Gasteiger charge is -2.23. The van der Waals surface area contributed by atoms with Gasteiger partial charge >= 0.3 is 12.0 Å². The van der Waals surface area contributed by atoms with E-state index in [1.807, 2.05) is 66.7 Å². The minimum absolute atomic E-state index is 0.0595. The molecule has 4 aromatic rings. The van der Waals surface area contributed by atoms with Crippen molar-refractivity contribution in [1.82, 2.24) is 20.4 Å². The lowest BCUT2D eigenvalue weighted by atomic mass is 9.95. The van der Waals surface area contributed by atoms with E-state index in [-0.39, 0.29) is 5.91 Å². The van der Waals surface area contributed by atoms with E-state index in [0.29, 0.717) is 36.6 Å². The molecule has 1 atom stereocenters. The highest BCUT2D eigenvalue weighted by Gasteiger charge is 2.25. The molecule has 0 bridgehead atoms. The Morgan fingerprint density at radius 1 is 1.00 bits per heavy atom. The van der Waals surface area contributed by atoms with Crippen molar-refractivity contribution >= 4 is 29.4 Å². The fourth-order valence-electron chi connectivity index (χ4n) is 5.54. The van der Waals surface area contributed by atoms with Gasteiger partial charge in [0.25, 0.3) is 5.91 Å². The Kier molecular flexibility index (Phi) is 7.45. The summed E-state index contributed by atoms with van der Waals surface area (Å²) in [6.45, 7) is 3.11. The molecule has 10 nitrogen and oxygen atoms in total. The van der Waals surface area contributed by atoms with Gasteiger partial charge in [-0.05, 0) is 77.4 Å². The number of aliphatic carboxylic acids is 1. The summed E-state index contributed by atoms with van der Waals surface area (Å²) in [5.41, 5.74) is 7.86. The van der Waals surface area contributed by atoms with Crippen molar-refractivity contribution in [2.45, 2.75) is 51.7 Å². The van der Waals surface area contributed by atoms with Gasteiger partial charge in [-0.15, -0.1) is 0 Å². The van der Waals surface area contributed by atoms with E-state index in [9.17, 15) is 19.5 Å². The Balaban J connectivity index is 1.20. The standard InChI is InChI=1S/C32H32N6O4/c1-2-3-5-23-16-29(38(37-23)24-13-10-20-17-33-28(31(40)41)15-21(20)14-24)36-32(42)35-22-11-8-19(9-12-22)25-6-4-7-26-27(25)18-34-30(26)39/h4,6-14,16,28,33H,2-3,5,15,17-18H2,1H3,(H,34,39)(H,40,41)(H2,35,36,42). The van der Waals surface area contributed by atoms with Crippen LogP contribution < -0.4 is 21.3 Å². The summed E-state index contributed by atoms with van der Waals surface area (Å²) in [7, 11) is 0. The molecule has 0 fully saturated rings. The SMILES string of the molecule is CCCCc1cc(NC(=O)Nc2ccc(-c3cccc4c3CNC4=O)cc2)n(-c2ccc3c(c2)CC(C(=O)O)NC3)n1. The van der Waals surface area contributed by atoms with Crippen molar-refractivity contribution in [2.24, 2.45) is 0 Å². The molecule has 2 aliphatic heterocycles. The first kappa shape index (κ1) is 27.2. The van der Waals surface area contributed by atoms with Crippen molar-refractivity contribution in [3.63, 3.8) is 0 Å². The predicted molar refractivity (Wildman–Crippen MR) is 160 cm³/mol. The van der Waals surface area contributed by atoms with Crippen LogP contribution in [-0.4, -0.2) is 38.8 Å². The lowest BCUT2D eigenvalue weighted by molar-refractivity contribution is -0.139. The van der Waals surface area contributed by atoms with Gasteiger partial charge < -0.3 is 21.1 Å². The van der Waals surface area contributed by atoms with Gasteiger partial charge in [-0.1, -0.05) is 43.7 Å². The van der Waals surface area contributed by atoms with Gasteiger partial charge in [-0.3, -0.25) is 14.9 Å². The van der Waals surface area contributed by atoms with E-state index in [2.05, 4.69) is 28.2 Å². The summed E-state index contributed by atoms with van der Waals surface area (Å²) < 4.78 is 1.71. The van der Waals surface area contributed by atoms with Crippen LogP contribution in [0.15, 0.2) is 66.7 Å². The fourth-order valence-corrected chi connectivity index (χ4v) is 5.54. The molecule has 2 aliphatic rings. The van der Waals surface area contributed by atoms with Crippen LogP contribution in [0.4, 0.5) is 16.3 Å². The molecule has 0 spiro atoms. The van der Waals surface area contributed by atoms with Crippen molar-refractivity contribution in [1.29, 1.82) is 0 Å². The highest BCUT2D eigenvalue weighted by atomic mass is 16.4. The molecule has 0 radical (unpaired) electrons. The molecule has 0 aliphatic carbocycles. The third-order valence-corrected chi connectivity index (χ3v) is 7.78. The zero-order chi connectivity index (χ0) is 29.2. The molecule has 42 heavy (non-hydrogen) atoms. The summed E-state index contributed by atoms with van der Waals surface area (Å²) in [6.07, 6.45) is 3.15. The number of carbonyl (C=O) groups excluding carboxylic acids is 2. The molecule has 10 heteroatoms. The number of anilines is 2. The van der Waals surface area contributed by atoms with E-state index in [1.54, 1.807) is 4.68 Å². The Bertz CT molecular complexity index is 1680. The lowest BCUT2D eigenvalue weighted by Crippen LogP contribution is -2.41. The molecule has 6 rings (SSSR count). The van der Waals surface area contributed by atoms with E-state index in [1.165, 1.54) is 0 Å². The molecule has 0 saturated heterocycles. The quantitative estimate of drug-likeness (QED) is 0.207. The Labute approximate surface area is 243 Å². The van der Waals surface area contributed by atoms with E-state index in [4.69, 9.17) is 5.10 Å². The van der Waals surface area contributed by atoms with Gasteiger partial charge in [0.2, 0.25) is 0 Å². The van der Waals surface area contributed by atoms with Crippen molar-refractivity contribution in [3.8, 4) is 16.8 Å². The van der Waals surface area contributed by atoms with E-state index in [0.717, 1.165) is 58.5 Å². The number of unbranched alkanes of at least 4 members (excludes halogenated alkanes) is 1. The van der Waals surface area contributed by atoms with Crippen LogP contribution in [0.25, 0.3) is 16.8 Å². The number of rotatable bonds is 8. The molecule has 1 unspecified atom stereocenters. The maximum Gasteiger partial charge on any atom is 0.324 e. The number of hydrogen-bond acceptors (Lipinski definition) is 5. The number of nitrogens with zero attached hydrogens (tertiary/aromatic N) is 2. The number of hydrogen-bond donors (Lipinski definition) is 5. The highest BCUT2D eigenvalue weighted by molar-refractivity contribution is 6.01. The van der Waals surface area contributed by atoms with Gasteiger partial charge in [0, 0.05) is 30.4 Å². The first-order valence-electron chi connectivity index (χ1n) is 14.2. The van der Waals surface area contributed by atoms with Crippen LogP contribution in [0.3, 0.4) is 0 Å². The predicted octanol–water partition coefficient (Wildman–Crippen LogP) is 4.87. The minimum atomic E-state index is -0.876. The first-order chi connectivity index (χ1) is 20.4. The van der Waals surface area contributed by atoms with Crippen LogP contribution >= 0.6 is 0 Å². The molecule has 214 valence electrons. The van der Waals surface area contributed by atoms with Gasteiger partial charge in [0.05, 0.1) is 11.4 Å². The van der Waals surface area contributed by atoms with Crippen LogP contribution in [0.2, 0.25) is 0 Å². The molecule has 1 aromatic heterocycles. The summed E-state index contributed by atoms with van der Waals surface area (Å²) in [5.74, 6) is -0.412. The van der Waals surface area contributed by atoms with Crippen LogP contribution in [0.1, 0.15) is 52.5 Å². The maximum atomic E-state index is 13.1. The third kappa shape index (κ3) is 5.48. The largest absolute Gasteiger partial charge is 0.480 e. The van der Waals surface area contributed by atoms with E-state index < -0.39 is 18.0 Å². The average molecular weight is 565 g/mol. The summed E-state index contributed by atoms with van der Waals surface area (Å²) in [5, 5.41) is 26.0. The topological polar surface area (TPSA) is 137 Å². The number of carboxylic acids is 1. The van der Waals surface area contributed by atoms with Crippen molar-refractivity contribution in [3.05, 3.63) is 94.7 Å². The number of aryl methyl sites for hydroxylation is 1. The number of aromatic nitrogens is 2.